The number of anilines is 1. The van der Waals surface area contributed by atoms with Crippen molar-refractivity contribution in [1.29, 1.82) is 0 Å². The van der Waals surface area contributed by atoms with E-state index in [0.717, 1.165) is 9.22 Å². The molecule has 0 bridgehead atoms. The Kier molecular flexibility index (Phi) is 7.07. The lowest BCUT2D eigenvalue weighted by molar-refractivity contribution is -0.115. The largest absolute Gasteiger partial charge is 0.497 e. The van der Waals surface area contributed by atoms with Crippen LogP contribution in [0.25, 0.3) is 0 Å². The van der Waals surface area contributed by atoms with Gasteiger partial charge in [-0.15, -0.1) is 22.7 Å². The molecule has 3 aromatic rings. The normalized spacial score (nSPS) is 10.5. The van der Waals surface area contributed by atoms with Crippen LogP contribution in [0.3, 0.4) is 0 Å². The van der Waals surface area contributed by atoms with Crippen LogP contribution in [0, 0.1) is 0 Å². The Hall–Kier alpha value is -2.36. The number of nitrogens with zero attached hydrogens (tertiary/aromatic N) is 1. The Morgan fingerprint density at radius 2 is 2.04 bits per heavy atom. The summed E-state index contributed by atoms with van der Waals surface area (Å²) in [5.41, 5.74) is 1.24. The number of ether oxygens (including phenoxy) is 2. The van der Waals surface area contributed by atoms with Gasteiger partial charge in [-0.2, -0.15) is 0 Å². The third kappa shape index (κ3) is 5.34. The Morgan fingerprint density at radius 1 is 1.18 bits per heavy atom. The van der Waals surface area contributed by atoms with Crippen molar-refractivity contribution in [2.75, 3.05) is 25.3 Å². The van der Waals surface area contributed by atoms with Gasteiger partial charge in [0.1, 0.15) is 11.5 Å². The first-order valence-corrected chi connectivity index (χ1v) is 11.0. The fourth-order valence-corrected chi connectivity index (χ4v) is 4.82. The van der Waals surface area contributed by atoms with Gasteiger partial charge in [-0.05, 0) is 23.6 Å². The first-order valence-electron chi connectivity index (χ1n) is 8.25. The van der Waals surface area contributed by atoms with E-state index in [2.05, 4.69) is 10.3 Å². The summed E-state index contributed by atoms with van der Waals surface area (Å²) in [5.74, 6) is 1.39. The van der Waals surface area contributed by atoms with Crippen molar-refractivity contribution in [2.24, 2.45) is 0 Å². The molecule has 0 saturated carbocycles. The number of thiophene rings is 1. The minimum absolute atomic E-state index is 0.0843. The van der Waals surface area contributed by atoms with Crippen LogP contribution in [-0.2, 0) is 11.2 Å². The average Bonchev–Trinajstić information content (AvgIpc) is 3.38. The van der Waals surface area contributed by atoms with Crippen molar-refractivity contribution < 1.29 is 19.1 Å². The van der Waals surface area contributed by atoms with Crippen LogP contribution < -0.4 is 14.8 Å². The maximum absolute atomic E-state index is 12.3. The standard InChI is InChI=1S/C19H18N2O4S3/c1-24-13-5-6-14(16(9-13)25-2)21-18(23)8-12-10-27-19(20-12)28-11-15(22)17-4-3-7-26-17/h3-7,9-10H,8,11H2,1-2H3,(H,21,23). The molecule has 0 saturated heterocycles. The van der Waals surface area contributed by atoms with Crippen LogP contribution >= 0.6 is 34.4 Å². The lowest BCUT2D eigenvalue weighted by Gasteiger charge is -2.11. The summed E-state index contributed by atoms with van der Waals surface area (Å²) in [7, 11) is 3.10. The molecule has 3 rings (SSSR count). The first kappa shape index (κ1) is 20.4. The SMILES string of the molecule is COc1ccc(NC(=O)Cc2csc(SCC(=O)c3cccs3)n2)c(OC)c1. The number of hydrogen-bond donors (Lipinski definition) is 1. The number of amides is 1. The van der Waals surface area contributed by atoms with E-state index in [9.17, 15) is 9.59 Å². The smallest absolute Gasteiger partial charge is 0.230 e. The van der Waals surface area contributed by atoms with Crippen molar-refractivity contribution >= 4 is 51.8 Å². The maximum atomic E-state index is 12.3. The van der Waals surface area contributed by atoms with Crippen LogP contribution in [0.2, 0.25) is 0 Å². The molecule has 0 atom stereocenters. The third-order valence-corrected chi connectivity index (χ3v) is 6.66. The van der Waals surface area contributed by atoms with Gasteiger partial charge in [0.2, 0.25) is 5.91 Å². The van der Waals surface area contributed by atoms with E-state index < -0.39 is 0 Å². The van der Waals surface area contributed by atoms with Crippen LogP contribution in [-0.4, -0.2) is 36.6 Å². The Morgan fingerprint density at radius 3 is 2.75 bits per heavy atom. The van der Waals surface area contributed by atoms with Crippen LogP contribution in [0.1, 0.15) is 15.4 Å². The lowest BCUT2D eigenvalue weighted by atomic mass is 10.2. The number of thioether (sulfide) groups is 1. The molecule has 2 aromatic heterocycles. The number of carbonyl (C=O) groups is 2. The van der Waals surface area contributed by atoms with Gasteiger partial charge in [0.25, 0.3) is 0 Å². The van der Waals surface area contributed by atoms with Crippen molar-refractivity contribution in [3.05, 3.63) is 51.7 Å². The molecule has 0 fully saturated rings. The molecular formula is C19H18N2O4S3. The summed E-state index contributed by atoms with van der Waals surface area (Å²) >= 11 is 4.25. The Bertz CT molecular complexity index is 954. The predicted octanol–water partition coefficient (Wildman–Crippen LogP) is 4.38. The molecule has 6 nitrogen and oxygen atoms in total. The van der Waals surface area contributed by atoms with E-state index in [-0.39, 0.29) is 18.1 Å². The van der Waals surface area contributed by atoms with Crippen LogP contribution in [0.15, 0.2) is 45.4 Å². The highest BCUT2D eigenvalue weighted by Gasteiger charge is 2.13. The van der Waals surface area contributed by atoms with E-state index in [1.807, 2.05) is 22.9 Å². The second kappa shape index (κ2) is 9.72. The zero-order chi connectivity index (χ0) is 19.9. The summed E-state index contributed by atoms with van der Waals surface area (Å²) in [4.78, 5) is 29.6. The predicted molar refractivity (Wildman–Crippen MR) is 113 cm³/mol. The zero-order valence-corrected chi connectivity index (χ0v) is 17.7. The number of methoxy groups -OCH3 is 2. The molecule has 1 amide bonds. The van der Waals surface area contributed by atoms with Crippen molar-refractivity contribution in [1.82, 2.24) is 4.98 Å². The van der Waals surface area contributed by atoms with E-state index in [0.29, 0.717) is 28.6 Å². The molecule has 0 aliphatic rings. The summed E-state index contributed by atoms with van der Waals surface area (Å²) < 4.78 is 11.2. The molecular weight excluding hydrogens is 416 g/mol. The molecule has 9 heteroatoms. The van der Waals surface area contributed by atoms with Gasteiger partial charge in [-0.25, -0.2) is 4.98 Å². The van der Waals surface area contributed by atoms with Crippen molar-refractivity contribution in [2.45, 2.75) is 10.8 Å². The van der Waals surface area contributed by atoms with Crippen LogP contribution in [0.4, 0.5) is 5.69 Å². The van der Waals surface area contributed by atoms with E-state index in [4.69, 9.17) is 9.47 Å². The second-order valence-electron chi connectivity index (χ2n) is 5.59. The molecule has 1 aromatic carbocycles. The number of Topliss-reactive ketones (excluding diaryl/α,β-unsaturated/α-hetero) is 1. The van der Waals surface area contributed by atoms with Gasteiger partial charge in [0, 0.05) is 11.4 Å². The number of hydrogen-bond acceptors (Lipinski definition) is 8. The molecule has 28 heavy (non-hydrogen) atoms. The van der Waals surface area contributed by atoms with Gasteiger partial charge in [-0.1, -0.05) is 17.8 Å². The topological polar surface area (TPSA) is 77.5 Å². The number of rotatable bonds is 9. The molecule has 0 aliphatic carbocycles. The Labute approximate surface area is 174 Å². The van der Waals surface area contributed by atoms with E-state index in [1.165, 1.54) is 41.5 Å². The molecule has 1 N–H and O–H groups in total. The fourth-order valence-electron chi connectivity index (χ4n) is 2.33. The summed E-state index contributed by atoms with van der Waals surface area (Å²) in [6, 6.07) is 8.87. The molecule has 2 heterocycles. The Balaban J connectivity index is 1.54. The molecule has 146 valence electrons. The number of aromatic nitrogens is 1. The van der Waals surface area contributed by atoms with Crippen molar-refractivity contribution in [3.8, 4) is 11.5 Å². The number of nitrogens with one attached hydrogen (secondary N) is 1. The molecule has 0 unspecified atom stereocenters. The number of benzene rings is 1. The minimum atomic E-state index is -0.194. The van der Waals surface area contributed by atoms with Gasteiger partial charge >= 0.3 is 0 Å². The highest BCUT2D eigenvalue weighted by atomic mass is 32.2. The van der Waals surface area contributed by atoms with Crippen LogP contribution in [0.5, 0.6) is 11.5 Å². The minimum Gasteiger partial charge on any atom is -0.497 e. The summed E-state index contributed by atoms with van der Waals surface area (Å²) in [6.45, 7) is 0. The molecule has 0 radical (unpaired) electrons. The van der Waals surface area contributed by atoms with E-state index in [1.54, 1.807) is 25.3 Å². The van der Waals surface area contributed by atoms with Crippen molar-refractivity contribution in [3.63, 3.8) is 0 Å². The van der Waals surface area contributed by atoms with E-state index >= 15 is 0 Å². The fraction of sp³-hybridized carbons (Fsp3) is 0.211. The van der Waals surface area contributed by atoms with Gasteiger partial charge < -0.3 is 14.8 Å². The molecule has 0 spiro atoms. The average molecular weight is 435 g/mol. The second-order valence-corrected chi connectivity index (χ2v) is 8.61. The third-order valence-electron chi connectivity index (χ3n) is 3.68. The number of thiazole rings is 1. The summed E-state index contributed by atoms with van der Waals surface area (Å²) in [5, 5.41) is 6.55. The van der Waals surface area contributed by atoms with Gasteiger partial charge in [-0.3, -0.25) is 9.59 Å². The van der Waals surface area contributed by atoms with Gasteiger partial charge in [0.15, 0.2) is 10.1 Å². The lowest BCUT2D eigenvalue weighted by Crippen LogP contribution is -2.15. The molecule has 0 aliphatic heterocycles. The highest BCUT2D eigenvalue weighted by Crippen LogP contribution is 2.29. The maximum Gasteiger partial charge on any atom is 0.230 e. The number of carbonyl (C=O) groups excluding carboxylic acids is 2. The first-order chi connectivity index (χ1) is 13.6. The summed E-state index contributed by atoms with van der Waals surface area (Å²) in [6.07, 6.45) is 0.144. The van der Waals surface area contributed by atoms with Gasteiger partial charge in [0.05, 0.1) is 42.7 Å². The zero-order valence-electron chi connectivity index (χ0n) is 15.3. The quantitative estimate of drug-likeness (QED) is 0.398. The number of ketones is 1. The monoisotopic (exact) mass is 434 g/mol. The highest BCUT2D eigenvalue weighted by molar-refractivity contribution is 8.01.